The van der Waals surface area contributed by atoms with Crippen molar-refractivity contribution in [1.82, 2.24) is 25.8 Å². The van der Waals surface area contributed by atoms with Crippen molar-refractivity contribution in [2.24, 2.45) is 4.99 Å². The maximum atomic E-state index is 13.7. The Labute approximate surface area is 184 Å². The van der Waals surface area contributed by atoms with E-state index in [9.17, 15) is 8.78 Å². The lowest BCUT2D eigenvalue weighted by molar-refractivity contribution is 0.421. The van der Waals surface area contributed by atoms with E-state index in [0.29, 0.717) is 42.9 Å². The number of aliphatic imine (C=N–C) groups is 1. The van der Waals surface area contributed by atoms with Gasteiger partial charge in [0, 0.05) is 31.3 Å². The SMILES string of the molecule is CCNC(=NCc1cc(F)ccc1F)NCCc1noc(-c2ccccn2)n1.I. The minimum absolute atomic E-state index is 0. The van der Waals surface area contributed by atoms with Crippen LogP contribution < -0.4 is 10.6 Å². The van der Waals surface area contributed by atoms with Crippen molar-refractivity contribution >= 4 is 29.9 Å². The molecule has 0 bridgehead atoms. The Morgan fingerprint density at radius 2 is 2.03 bits per heavy atom. The molecule has 0 aliphatic rings. The third kappa shape index (κ3) is 6.73. The van der Waals surface area contributed by atoms with Crippen LogP contribution in [0.2, 0.25) is 0 Å². The first-order valence-electron chi connectivity index (χ1n) is 8.86. The van der Waals surface area contributed by atoms with Crippen LogP contribution in [-0.4, -0.2) is 34.2 Å². The molecule has 0 saturated heterocycles. The highest BCUT2D eigenvalue weighted by atomic mass is 127. The Hall–Kier alpha value is -2.63. The molecule has 0 unspecified atom stereocenters. The zero-order valence-corrected chi connectivity index (χ0v) is 18.1. The average molecular weight is 514 g/mol. The van der Waals surface area contributed by atoms with Gasteiger partial charge in [0.2, 0.25) is 0 Å². The van der Waals surface area contributed by atoms with Gasteiger partial charge in [0.05, 0.1) is 6.54 Å². The Balaban J connectivity index is 0.00000300. The van der Waals surface area contributed by atoms with Crippen molar-refractivity contribution in [2.75, 3.05) is 13.1 Å². The van der Waals surface area contributed by atoms with Crippen LogP contribution in [0, 0.1) is 11.6 Å². The summed E-state index contributed by atoms with van der Waals surface area (Å²) in [5.41, 5.74) is 0.802. The van der Waals surface area contributed by atoms with Gasteiger partial charge in [-0.2, -0.15) is 4.98 Å². The molecule has 2 heterocycles. The van der Waals surface area contributed by atoms with Crippen molar-refractivity contribution in [3.8, 4) is 11.6 Å². The first kappa shape index (κ1) is 22.7. The lowest BCUT2D eigenvalue weighted by Gasteiger charge is -2.10. The summed E-state index contributed by atoms with van der Waals surface area (Å²) in [7, 11) is 0. The maximum Gasteiger partial charge on any atom is 0.276 e. The minimum Gasteiger partial charge on any atom is -0.357 e. The van der Waals surface area contributed by atoms with Crippen LogP contribution in [0.5, 0.6) is 0 Å². The number of hydrogen-bond donors (Lipinski definition) is 2. The summed E-state index contributed by atoms with van der Waals surface area (Å²) in [6, 6.07) is 8.75. The molecule has 10 heteroatoms. The molecule has 0 radical (unpaired) electrons. The summed E-state index contributed by atoms with van der Waals surface area (Å²) in [4.78, 5) is 12.8. The molecule has 0 spiro atoms. The van der Waals surface area contributed by atoms with Gasteiger partial charge in [-0.3, -0.25) is 4.98 Å². The third-order valence-corrected chi connectivity index (χ3v) is 3.75. The van der Waals surface area contributed by atoms with E-state index < -0.39 is 11.6 Å². The van der Waals surface area contributed by atoms with Crippen LogP contribution >= 0.6 is 24.0 Å². The van der Waals surface area contributed by atoms with E-state index in [1.807, 2.05) is 19.1 Å². The van der Waals surface area contributed by atoms with Crippen molar-refractivity contribution < 1.29 is 13.3 Å². The Morgan fingerprint density at radius 1 is 1.17 bits per heavy atom. The van der Waals surface area contributed by atoms with E-state index >= 15 is 0 Å². The average Bonchev–Trinajstić information content (AvgIpc) is 3.18. The zero-order chi connectivity index (χ0) is 19.8. The number of halogens is 3. The van der Waals surface area contributed by atoms with E-state index in [2.05, 4.69) is 30.8 Å². The number of aromatic nitrogens is 3. The standard InChI is InChI=1S/C19H20F2N6O.HI/c1-2-22-19(25-12-13-11-14(20)6-7-15(13)21)24-10-8-17-26-18(28-27-17)16-5-3-4-9-23-16;/h3-7,9,11H,2,8,10,12H2,1H3,(H2,22,24,25);1H. The van der Waals surface area contributed by atoms with Crippen LogP contribution in [0.15, 0.2) is 52.1 Å². The largest absolute Gasteiger partial charge is 0.357 e. The van der Waals surface area contributed by atoms with Gasteiger partial charge in [0.25, 0.3) is 5.89 Å². The summed E-state index contributed by atoms with van der Waals surface area (Å²) in [5.74, 6) is 0.387. The van der Waals surface area contributed by atoms with Crippen LogP contribution in [0.25, 0.3) is 11.6 Å². The van der Waals surface area contributed by atoms with Crippen molar-refractivity contribution in [3.63, 3.8) is 0 Å². The summed E-state index contributed by atoms with van der Waals surface area (Å²) in [6.45, 7) is 3.05. The molecule has 0 aliphatic heterocycles. The molecule has 2 N–H and O–H groups in total. The number of hydrogen-bond acceptors (Lipinski definition) is 5. The van der Waals surface area contributed by atoms with Crippen molar-refractivity contribution in [1.29, 1.82) is 0 Å². The fourth-order valence-corrected chi connectivity index (χ4v) is 2.41. The highest BCUT2D eigenvalue weighted by molar-refractivity contribution is 14.0. The molecule has 0 atom stereocenters. The molecule has 2 aromatic heterocycles. The Kier molecular flexibility index (Phi) is 8.90. The zero-order valence-electron chi connectivity index (χ0n) is 15.7. The molecular weight excluding hydrogens is 493 g/mol. The predicted octanol–water partition coefficient (Wildman–Crippen LogP) is 3.33. The predicted molar refractivity (Wildman–Crippen MR) is 116 cm³/mol. The number of rotatable bonds is 7. The van der Waals surface area contributed by atoms with Gasteiger partial charge in [0.15, 0.2) is 11.8 Å². The summed E-state index contributed by atoms with van der Waals surface area (Å²) in [6.07, 6.45) is 2.15. The van der Waals surface area contributed by atoms with E-state index in [1.54, 1.807) is 12.3 Å². The third-order valence-electron chi connectivity index (χ3n) is 3.75. The van der Waals surface area contributed by atoms with E-state index in [0.717, 1.165) is 18.2 Å². The molecule has 0 aliphatic carbocycles. The van der Waals surface area contributed by atoms with E-state index in [1.165, 1.54) is 0 Å². The second-order valence-corrected chi connectivity index (χ2v) is 5.84. The highest BCUT2D eigenvalue weighted by Crippen LogP contribution is 2.13. The van der Waals surface area contributed by atoms with Gasteiger partial charge in [-0.1, -0.05) is 11.2 Å². The normalized spacial score (nSPS) is 11.1. The van der Waals surface area contributed by atoms with Gasteiger partial charge in [-0.05, 0) is 37.3 Å². The van der Waals surface area contributed by atoms with Gasteiger partial charge >= 0.3 is 0 Å². The van der Waals surface area contributed by atoms with Crippen LogP contribution in [0.3, 0.4) is 0 Å². The van der Waals surface area contributed by atoms with E-state index in [-0.39, 0.29) is 36.1 Å². The van der Waals surface area contributed by atoms with Gasteiger partial charge in [-0.25, -0.2) is 13.8 Å². The number of nitrogens with one attached hydrogen (secondary N) is 2. The Morgan fingerprint density at radius 3 is 2.79 bits per heavy atom. The smallest absolute Gasteiger partial charge is 0.276 e. The topological polar surface area (TPSA) is 88.2 Å². The molecule has 3 aromatic rings. The second-order valence-electron chi connectivity index (χ2n) is 5.84. The number of guanidine groups is 1. The molecule has 3 rings (SSSR count). The molecule has 7 nitrogen and oxygen atoms in total. The molecule has 29 heavy (non-hydrogen) atoms. The molecule has 1 aromatic carbocycles. The molecule has 0 fully saturated rings. The first-order valence-corrected chi connectivity index (χ1v) is 8.86. The first-order chi connectivity index (χ1) is 13.7. The number of pyridine rings is 1. The molecular formula is C19H21F2IN6O. The second kappa shape index (κ2) is 11.4. The lowest BCUT2D eigenvalue weighted by atomic mass is 10.2. The van der Waals surface area contributed by atoms with Gasteiger partial charge in [-0.15, -0.1) is 24.0 Å². The Bertz CT molecular complexity index is 935. The number of nitrogens with zero attached hydrogens (tertiary/aromatic N) is 4. The van der Waals surface area contributed by atoms with Crippen LogP contribution in [0.1, 0.15) is 18.3 Å². The van der Waals surface area contributed by atoms with Gasteiger partial charge < -0.3 is 15.2 Å². The fraction of sp³-hybridized carbons (Fsp3) is 0.263. The van der Waals surface area contributed by atoms with Crippen LogP contribution in [0.4, 0.5) is 8.78 Å². The van der Waals surface area contributed by atoms with Crippen molar-refractivity contribution in [2.45, 2.75) is 19.9 Å². The molecule has 0 saturated carbocycles. The summed E-state index contributed by atoms with van der Waals surface area (Å²) >= 11 is 0. The minimum atomic E-state index is -0.495. The van der Waals surface area contributed by atoms with Crippen molar-refractivity contribution in [3.05, 3.63) is 65.6 Å². The highest BCUT2D eigenvalue weighted by Gasteiger charge is 2.10. The summed E-state index contributed by atoms with van der Waals surface area (Å²) < 4.78 is 32.2. The lowest BCUT2D eigenvalue weighted by Crippen LogP contribution is -2.38. The molecule has 0 amide bonds. The fourth-order valence-electron chi connectivity index (χ4n) is 2.41. The monoisotopic (exact) mass is 514 g/mol. The summed E-state index contributed by atoms with van der Waals surface area (Å²) in [5, 5.41) is 10.1. The number of benzene rings is 1. The van der Waals surface area contributed by atoms with E-state index in [4.69, 9.17) is 4.52 Å². The van der Waals surface area contributed by atoms with Gasteiger partial charge in [0.1, 0.15) is 17.3 Å². The van der Waals surface area contributed by atoms with Crippen LogP contribution in [-0.2, 0) is 13.0 Å². The molecule has 154 valence electrons. The quantitative estimate of drug-likeness (QED) is 0.286. The maximum absolute atomic E-state index is 13.7.